The Hall–Kier alpha value is -1.36. The second kappa shape index (κ2) is 18.7. The van der Waals surface area contributed by atoms with Gasteiger partial charge in [0.15, 0.2) is 0 Å². The number of aliphatic imine (C=N–C) groups is 1. The van der Waals surface area contributed by atoms with Gasteiger partial charge in [0.25, 0.3) is 0 Å². The quantitative estimate of drug-likeness (QED) is 0.160. The van der Waals surface area contributed by atoms with Crippen molar-refractivity contribution in [2.75, 3.05) is 40.0 Å². The fourth-order valence-electron chi connectivity index (χ4n) is 3.54. The first-order valence-corrected chi connectivity index (χ1v) is 11.9. The summed E-state index contributed by atoms with van der Waals surface area (Å²) in [5, 5.41) is 0. The van der Waals surface area contributed by atoms with Gasteiger partial charge in [-0.15, -0.1) is 0 Å². The molecule has 0 bridgehead atoms. The number of carbonyl (C=O) groups is 1. The van der Waals surface area contributed by atoms with Crippen molar-refractivity contribution in [3.8, 4) is 0 Å². The van der Waals surface area contributed by atoms with E-state index in [-0.39, 0.29) is 5.97 Å². The second-order valence-corrected chi connectivity index (χ2v) is 7.85. The molecule has 29 heavy (non-hydrogen) atoms. The van der Waals surface area contributed by atoms with Gasteiger partial charge in [-0.1, -0.05) is 57.6 Å². The van der Waals surface area contributed by atoms with E-state index < -0.39 is 0 Å². The Morgan fingerprint density at radius 2 is 1.69 bits per heavy atom. The monoisotopic (exact) mass is 408 g/mol. The van der Waals surface area contributed by atoms with E-state index in [1.165, 1.54) is 83.6 Å². The fourth-order valence-corrected chi connectivity index (χ4v) is 3.54. The van der Waals surface area contributed by atoms with Crippen molar-refractivity contribution in [1.82, 2.24) is 4.90 Å². The Bertz CT molecular complexity index is 463. The van der Waals surface area contributed by atoms with Crippen LogP contribution in [0.25, 0.3) is 0 Å². The third-order valence-electron chi connectivity index (χ3n) is 5.38. The van der Waals surface area contributed by atoms with E-state index in [0.717, 1.165) is 26.1 Å². The molecule has 5 nitrogen and oxygen atoms in total. The Morgan fingerprint density at radius 3 is 2.41 bits per heavy atom. The zero-order chi connectivity index (χ0) is 21.0. The van der Waals surface area contributed by atoms with Crippen LogP contribution in [0.5, 0.6) is 0 Å². The summed E-state index contributed by atoms with van der Waals surface area (Å²) in [5.74, 6) is 1.03. The van der Waals surface area contributed by atoms with E-state index in [9.17, 15) is 4.79 Å². The number of esters is 1. The lowest BCUT2D eigenvalue weighted by molar-refractivity contribution is -0.141. The Balaban J connectivity index is 1.93. The molecule has 1 aliphatic rings. The van der Waals surface area contributed by atoms with Gasteiger partial charge in [-0.25, -0.2) is 0 Å². The molecule has 0 aromatic heterocycles. The Morgan fingerprint density at radius 1 is 1.00 bits per heavy atom. The first-order valence-electron chi connectivity index (χ1n) is 11.9. The number of unbranched alkanes of at least 4 members (excludes halogenated alkanes) is 9. The Labute approximate surface area is 178 Å². The summed E-state index contributed by atoms with van der Waals surface area (Å²) in [6.07, 6.45) is 20.6. The van der Waals surface area contributed by atoms with Crippen molar-refractivity contribution >= 4 is 11.8 Å². The minimum absolute atomic E-state index is 0.216. The molecule has 168 valence electrons. The number of ether oxygens (including phenoxy) is 2. The highest BCUT2D eigenvalue weighted by Gasteiger charge is 2.15. The number of amidine groups is 1. The van der Waals surface area contributed by atoms with Gasteiger partial charge in [-0.2, -0.15) is 0 Å². The SMILES string of the molecule is CCCCCC/C=C/CCCCCCCC1=NCCN1CCOCCC(=O)OC. The third-order valence-corrected chi connectivity index (χ3v) is 5.38. The minimum Gasteiger partial charge on any atom is -0.469 e. The zero-order valence-electron chi connectivity index (χ0n) is 19.0. The number of nitrogens with zero attached hydrogens (tertiary/aromatic N) is 2. The van der Waals surface area contributed by atoms with Crippen LogP contribution in [-0.2, 0) is 14.3 Å². The van der Waals surface area contributed by atoms with Crippen LogP contribution in [0.1, 0.15) is 90.4 Å². The maximum atomic E-state index is 11.1. The summed E-state index contributed by atoms with van der Waals surface area (Å²) < 4.78 is 10.1. The Kier molecular flexibility index (Phi) is 16.5. The average Bonchev–Trinajstić information content (AvgIpc) is 3.18. The molecule has 0 saturated heterocycles. The van der Waals surface area contributed by atoms with Crippen molar-refractivity contribution in [3.05, 3.63) is 12.2 Å². The molecule has 0 unspecified atom stereocenters. The molecular weight excluding hydrogens is 364 g/mol. The van der Waals surface area contributed by atoms with E-state index in [1.807, 2.05) is 0 Å². The van der Waals surface area contributed by atoms with Gasteiger partial charge >= 0.3 is 5.97 Å². The van der Waals surface area contributed by atoms with Crippen LogP contribution >= 0.6 is 0 Å². The maximum absolute atomic E-state index is 11.1. The smallest absolute Gasteiger partial charge is 0.307 e. The van der Waals surface area contributed by atoms with Gasteiger partial charge in [-0.3, -0.25) is 9.79 Å². The lowest BCUT2D eigenvalue weighted by Crippen LogP contribution is -2.31. The first-order chi connectivity index (χ1) is 14.3. The van der Waals surface area contributed by atoms with Crippen LogP contribution in [0.15, 0.2) is 17.1 Å². The molecule has 5 heteroatoms. The van der Waals surface area contributed by atoms with E-state index >= 15 is 0 Å². The molecule has 0 spiro atoms. The number of hydrogen-bond acceptors (Lipinski definition) is 5. The van der Waals surface area contributed by atoms with E-state index in [4.69, 9.17) is 4.74 Å². The predicted octanol–water partition coefficient (Wildman–Crippen LogP) is 5.54. The van der Waals surface area contributed by atoms with Gasteiger partial charge < -0.3 is 14.4 Å². The average molecular weight is 409 g/mol. The molecule has 0 fully saturated rings. The molecule has 0 aromatic rings. The summed E-state index contributed by atoms with van der Waals surface area (Å²) in [7, 11) is 1.41. The normalized spacial score (nSPS) is 14.0. The van der Waals surface area contributed by atoms with Crippen LogP contribution in [0.4, 0.5) is 0 Å². The topological polar surface area (TPSA) is 51.1 Å². The summed E-state index contributed by atoms with van der Waals surface area (Å²) in [6.45, 7) is 6.11. The molecular formula is C24H44N2O3. The van der Waals surface area contributed by atoms with Gasteiger partial charge in [0.05, 0.1) is 39.1 Å². The highest BCUT2D eigenvalue weighted by molar-refractivity contribution is 5.83. The number of methoxy groups -OCH3 is 1. The van der Waals surface area contributed by atoms with Gasteiger partial charge in [0.1, 0.15) is 0 Å². The van der Waals surface area contributed by atoms with E-state index in [2.05, 4.69) is 33.7 Å². The molecule has 1 heterocycles. The van der Waals surface area contributed by atoms with Crippen molar-refractivity contribution in [3.63, 3.8) is 0 Å². The third kappa shape index (κ3) is 14.3. The predicted molar refractivity (Wildman–Crippen MR) is 122 cm³/mol. The highest BCUT2D eigenvalue weighted by atomic mass is 16.5. The summed E-state index contributed by atoms with van der Waals surface area (Å²) in [5.41, 5.74) is 0. The summed E-state index contributed by atoms with van der Waals surface area (Å²) >= 11 is 0. The lowest BCUT2D eigenvalue weighted by atomic mass is 10.1. The van der Waals surface area contributed by atoms with Crippen LogP contribution in [0.3, 0.4) is 0 Å². The van der Waals surface area contributed by atoms with Crippen LogP contribution < -0.4 is 0 Å². The van der Waals surface area contributed by atoms with Crippen LogP contribution in [-0.4, -0.2) is 56.7 Å². The molecule has 0 saturated carbocycles. The van der Waals surface area contributed by atoms with Crippen molar-refractivity contribution in [1.29, 1.82) is 0 Å². The number of allylic oxidation sites excluding steroid dienone is 2. The number of rotatable bonds is 19. The number of carbonyl (C=O) groups excluding carboxylic acids is 1. The van der Waals surface area contributed by atoms with Crippen molar-refractivity contribution in [2.45, 2.75) is 90.4 Å². The minimum atomic E-state index is -0.216. The van der Waals surface area contributed by atoms with E-state index in [0.29, 0.717) is 19.6 Å². The molecule has 0 aromatic carbocycles. The van der Waals surface area contributed by atoms with Crippen molar-refractivity contribution in [2.24, 2.45) is 4.99 Å². The van der Waals surface area contributed by atoms with Crippen molar-refractivity contribution < 1.29 is 14.3 Å². The number of hydrogen-bond donors (Lipinski definition) is 0. The maximum Gasteiger partial charge on any atom is 0.307 e. The first kappa shape index (κ1) is 25.7. The molecule has 0 amide bonds. The standard InChI is InChI=1S/C24H44N2O3/c1-3-4-5-6-7-8-9-10-11-12-13-14-15-16-23-25-18-19-26(23)20-22-29-21-17-24(27)28-2/h8-9H,3-7,10-22H2,1-2H3/b9-8+. The van der Waals surface area contributed by atoms with Crippen LogP contribution in [0, 0.1) is 0 Å². The summed E-state index contributed by atoms with van der Waals surface area (Å²) in [4.78, 5) is 18.0. The fraction of sp³-hybridized carbons (Fsp3) is 0.833. The highest BCUT2D eigenvalue weighted by Crippen LogP contribution is 2.12. The molecule has 1 rings (SSSR count). The molecule has 0 radical (unpaired) electrons. The zero-order valence-corrected chi connectivity index (χ0v) is 19.0. The van der Waals surface area contributed by atoms with Gasteiger partial charge in [-0.05, 0) is 32.1 Å². The molecule has 0 atom stereocenters. The second-order valence-electron chi connectivity index (χ2n) is 7.85. The summed E-state index contributed by atoms with van der Waals surface area (Å²) in [6, 6.07) is 0. The van der Waals surface area contributed by atoms with Gasteiger partial charge in [0, 0.05) is 19.5 Å². The molecule has 0 aliphatic carbocycles. The van der Waals surface area contributed by atoms with E-state index in [1.54, 1.807) is 0 Å². The van der Waals surface area contributed by atoms with Gasteiger partial charge in [0.2, 0.25) is 0 Å². The molecule has 0 N–H and O–H groups in total. The molecule has 1 aliphatic heterocycles. The van der Waals surface area contributed by atoms with Crippen LogP contribution in [0.2, 0.25) is 0 Å². The largest absolute Gasteiger partial charge is 0.469 e. The lowest BCUT2D eigenvalue weighted by Gasteiger charge is -2.20.